The second kappa shape index (κ2) is 5.22. The average molecular weight is 264 g/mol. The molecule has 3 rings (SSSR count). The predicted octanol–water partition coefficient (Wildman–Crippen LogP) is 4.36. The van der Waals surface area contributed by atoms with E-state index in [2.05, 4.69) is 24.4 Å². The van der Waals surface area contributed by atoms with E-state index in [-0.39, 0.29) is 0 Å². The summed E-state index contributed by atoms with van der Waals surface area (Å²) in [5, 5.41) is 4.74. The molecule has 18 heavy (non-hydrogen) atoms. The Balaban J connectivity index is 1.45. The molecule has 0 heterocycles. The number of nitrogens with one attached hydrogen (secondary N) is 1. The molecule has 1 nitrogen and oxygen atoms in total. The average Bonchev–Trinajstić information content (AvgIpc) is 3.03. The highest BCUT2D eigenvalue weighted by Gasteiger charge is 2.40. The summed E-state index contributed by atoms with van der Waals surface area (Å²) in [6.45, 7) is 2.28. The SMILES string of the molecule is CCCC1CC1NC1CC(c2ccccc2Cl)C1. The van der Waals surface area contributed by atoms with E-state index in [1.165, 1.54) is 37.7 Å². The second-order valence-corrected chi connectivity index (χ2v) is 6.35. The maximum Gasteiger partial charge on any atom is 0.0440 e. The minimum absolute atomic E-state index is 0.680. The molecule has 0 aromatic heterocycles. The van der Waals surface area contributed by atoms with Crippen LogP contribution < -0.4 is 5.32 Å². The molecule has 2 fully saturated rings. The Kier molecular flexibility index (Phi) is 3.63. The van der Waals surface area contributed by atoms with Gasteiger partial charge >= 0.3 is 0 Å². The lowest BCUT2D eigenvalue weighted by atomic mass is 9.76. The lowest BCUT2D eigenvalue weighted by molar-refractivity contribution is 0.284. The van der Waals surface area contributed by atoms with Gasteiger partial charge in [0.05, 0.1) is 0 Å². The van der Waals surface area contributed by atoms with Gasteiger partial charge in [0.15, 0.2) is 0 Å². The lowest BCUT2D eigenvalue weighted by Crippen LogP contribution is -2.41. The van der Waals surface area contributed by atoms with E-state index in [4.69, 9.17) is 11.6 Å². The van der Waals surface area contributed by atoms with Crippen LogP contribution >= 0.6 is 11.6 Å². The molecule has 2 heteroatoms. The van der Waals surface area contributed by atoms with Gasteiger partial charge < -0.3 is 5.32 Å². The van der Waals surface area contributed by atoms with Crippen molar-refractivity contribution in [1.82, 2.24) is 5.32 Å². The molecule has 0 bridgehead atoms. The van der Waals surface area contributed by atoms with E-state index >= 15 is 0 Å². The first kappa shape index (κ1) is 12.5. The highest BCUT2D eigenvalue weighted by molar-refractivity contribution is 6.31. The summed E-state index contributed by atoms with van der Waals surface area (Å²) in [5.74, 6) is 1.65. The van der Waals surface area contributed by atoms with Gasteiger partial charge in [0.2, 0.25) is 0 Å². The zero-order chi connectivity index (χ0) is 12.5. The molecule has 2 saturated carbocycles. The van der Waals surface area contributed by atoms with Gasteiger partial charge in [-0.25, -0.2) is 0 Å². The van der Waals surface area contributed by atoms with Gasteiger partial charge in [-0.2, -0.15) is 0 Å². The smallest absolute Gasteiger partial charge is 0.0440 e. The van der Waals surface area contributed by atoms with Crippen LogP contribution in [-0.4, -0.2) is 12.1 Å². The van der Waals surface area contributed by atoms with Crippen LogP contribution in [0.15, 0.2) is 24.3 Å². The molecule has 2 atom stereocenters. The number of benzene rings is 1. The highest BCUT2D eigenvalue weighted by atomic mass is 35.5. The second-order valence-electron chi connectivity index (χ2n) is 5.94. The summed E-state index contributed by atoms with van der Waals surface area (Å²) >= 11 is 6.24. The van der Waals surface area contributed by atoms with Crippen molar-refractivity contribution < 1.29 is 0 Å². The van der Waals surface area contributed by atoms with E-state index in [0.29, 0.717) is 5.92 Å². The Morgan fingerprint density at radius 1 is 1.22 bits per heavy atom. The fourth-order valence-electron chi connectivity index (χ4n) is 3.26. The Morgan fingerprint density at radius 2 is 2.00 bits per heavy atom. The van der Waals surface area contributed by atoms with Crippen LogP contribution in [0.3, 0.4) is 0 Å². The van der Waals surface area contributed by atoms with Gasteiger partial charge in [0.25, 0.3) is 0 Å². The van der Waals surface area contributed by atoms with Gasteiger partial charge in [-0.3, -0.25) is 0 Å². The van der Waals surface area contributed by atoms with Crippen LogP contribution in [0, 0.1) is 5.92 Å². The summed E-state index contributed by atoms with van der Waals surface area (Å²) in [4.78, 5) is 0. The zero-order valence-corrected chi connectivity index (χ0v) is 11.8. The van der Waals surface area contributed by atoms with Crippen molar-refractivity contribution in [2.75, 3.05) is 0 Å². The van der Waals surface area contributed by atoms with Crippen molar-refractivity contribution in [1.29, 1.82) is 0 Å². The molecular weight excluding hydrogens is 242 g/mol. The fourth-order valence-corrected chi connectivity index (χ4v) is 3.55. The normalized spacial score (nSPS) is 34.1. The van der Waals surface area contributed by atoms with Gasteiger partial charge in [-0.15, -0.1) is 0 Å². The van der Waals surface area contributed by atoms with Crippen molar-refractivity contribution in [3.8, 4) is 0 Å². The Labute approximate surface area is 115 Å². The summed E-state index contributed by atoms with van der Waals surface area (Å²) in [6.07, 6.45) is 6.66. The zero-order valence-electron chi connectivity index (χ0n) is 11.0. The van der Waals surface area contributed by atoms with E-state index in [0.717, 1.165) is 23.0 Å². The van der Waals surface area contributed by atoms with Gasteiger partial charge in [0, 0.05) is 17.1 Å². The first-order chi connectivity index (χ1) is 8.78. The van der Waals surface area contributed by atoms with Crippen molar-refractivity contribution in [2.24, 2.45) is 5.92 Å². The van der Waals surface area contributed by atoms with Crippen LogP contribution in [0.25, 0.3) is 0 Å². The number of halogens is 1. The molecule has 2 aliphatic rings. The molecule has 2 unspecified atom stereocenters. The van der Waals surface area contributed by atoms with Gasteiger partial charge in [-0.05, 0) is 49.1 Å². The number of hydrogen-bond donors (Lipinski definition) is 1. The van der Waals surface area contributed by atoms with Crippen molar-refractivity contribution in [2.45, 2.75) is 57.0 Å². The maximum absolute atomic E-state index is 6.24. The minimum atomic E-state index is 0.680. The fraction of sp³-hybridized carbons (Fsp3) is 0.625. The third kappa shape index (κ3) is 2.57. The molecule has 0 aliphatic heterocycles. The molecule has 1 aromatic rings. The largest absolute Gasteiger partial charge is 0.311 e. The standard InChI is InChI=1S/C16H22ClN/c1-2-5-11-10-16(11)18-13-8-12(9-13)14-6-3-4-7-15(14)17/h3-4,6-7,11-13,16,18H,2,5,8-10H2,1H3. The van der Waals surface area contributed by atoms with E-state index in [1.54, 1.807) is 0 Å². The Hall–Kier alpha value is -0.530. The number of rotatable bonds is 5. The quantitative estimate of drug-likeness (QED) is 0.832. The predicted molar refractivity (Wildman–Crippen MR) is 77.2 cm³/mol. The summed E-state index contributed by atoms with van der Waals surface area (Å²) < 4.78 is 0. The lowest BCUT2D eigenvalue weighted by Gasteiger charge is -2.37. The van der Waals surface area contributed by atoms with Crippen LogP contribution in [0.4, 0.5) is 0 Å². The van der Waals surface area contributed by atoms with Gasteiger partial charge in [0.1, 0.15) is 0 Å². The molecule has 0 saturated heterocycles. The molecule has 1 N–H and O–H groups in total. The Bertz CT molecular complexity index is 411. The Morgan fingerprint density at radius 3 is 2.72 bits per heavy atom. The summed E-state index contributed by atoms with van der Waals surface area (Å²) in [5.41, 5.74) is 1.35. The third-order valence-electron chi connectivity index (χ3n) is 4.51. The first-order valence-electron chi connectivity index (χ1n) is 7.28. The third-order valence-corrected chi connectivity index (χ3v) is 4.86. The van der Waals surface area contributed by atoms with Crippen molar-refractivity contribution in [3.63, 3.8) is 0 Å². The van der Waals surface area contributed by atoms with Crippen LogP contribution in [0.1, 0.15) is 50.5 Å². The number of hydrogen-bond acceptors (Lipinski definition) is 1. The minimum Gasteiger partial charge on any atom is -0.311 e. The van der Waals surface area contributed by atoms with Crippen LogP contribution in [0.5, 0.6) is 0 Å². The first-order valence-corrected chi connectivity index (χ1v) is 7.66. The molecule has 98 valence electrons. The van der Waals surface area contributed by atoms with Gasteiger partial charge in [-0.1, -0.05) is 43.1 Å². The topological polar surface area (TPSA) is 12.0 Å². The van der Waals surface area contributed by atoms with Crippen molar-refractivity contribution in [3.05, 3.63) is 34.9 Å². The summed E-state index contributed by atoms with van der Waals surface area (Å²) in [6, 6.07) is 9.86. The van der Waals surface area contributed by atoms with E-state index in [9.17, 15) is 0 Å². The maximum atomic E-state index is 6.24. The molecular formula is C16H22ClN. The van der Waals surface area contributed by atoms with Crippen molar-refractivity contribution >= 4 is 11.6 Å². The van der Waals surface area contributed by atoms with Crippen LogP contribution in [-0.2, 0) is 0 Å². The molecule has 1 aromatic carbocycles. The van der Waals surface area contributed by atoms with E-state index in [1.807, 2.05) is 12.1 Å². The molecule has 0 spiro atoms. The molecule has 2 aliphatic carbocycles. The summed E-state index contributed by atoms with van der Waals surface area (Å²) in [7, 11) is 0. The van der Waals surface area contributed by atoms with Crippen LogP contribution in [0.2, 0.25) is 5.02 Å². The van der Waals surface area contributed by atoms with E-state index < -0.39 is 0 Å². The monoisotopic (exact) mass is 263 g/mol. The molecule has 0 amide bonds. The molecule has 0 radical (unpaired) electrons. The highest BCUT2D eigenvalue weighted by Crippen LogP contribution is 2.43.